The van der Waals surface area contributed by atoms with Gasteiger partial charge in [-0.3, -0.25) is 0 Å². The first-order valence-corrected chi connectivity index (χ1v) is 6.11. The summed E-state index contributed by atoms with van der Waals surface area (Å²) in [7, 11) is 0. The smallest absolute Gasteiger partial charge is 0.0664 e. The highest BCUT2D eigenvalue weighted by Crippen LogP contribution is 2.21. The Morgan fingerprint density at radius 3 is 2.69 bits per heavy atom. The van der Waals surface area contributed by atoms with Crippen LogP contribution in [0.1, 0.15) is 31.9 Å². The molecule has 0 aliphatic heterocycles. The number of rotatable bonds is 6. The molecular weight excluding hydrogens is 198 g/mol. The Kier molecular flexibility index (Phi) is 5.33. The van der Waals surface area contributed by atoms with Crippen molar-refractivity contribution in [1.29, 1.82) is 0 Å². The van der Waals surface area contributed by atoms with Crippen LogP contribution in [0.3, 0.4) is 0 Å². The molecule has 16 heavy (non-hydrogen) atoms. The van der Waals surface area contributed by atoms with Gasteiger partial charge in [0.05, 0.1) is 6.61 Å². The molecule has 0 aliphatic rings. The molecule has 0 aromatic heterocycles. The number of anilines is 1. The Morgan fingerprint density at radius 1 is 1.31 bits per heavy atom. The van der Waals surface area contributed by atoms with Gasteiger partial charge in [-0.05, 0) is 38.3 Å². The number of benzene rings is 1. The van der Waals surface area contributed by atoms with E-state index in [2.05, 4.69) is 44.3 Å². The summed E-state index contributed by atoms with van der Waals surface area (Å²) in [5.74, 6) is 0. The molecule has 1 aromatic rings. The molecule has 1 aromatic carbocycles. The van der Waals surface area contributed by atoms with E-state index in [1.54, 1.807) is 0 Å². The molecule has 0 saturated heterocycles. The molecule has 1 atom stereocenters. The highest BCUT2D eigenvalue weighted by molar-refractivity contribution is 5.57. The minimum atomic E-state index is 0.353. The molecule has 2 nitrogen and oxygen atoms in total. The van der Waals surface area contributed by atoms with Gasteiger partial charge in [-0.25, -0.2) is 0 Å². The van der Waals surface area contributed by atoms with Crippen LogP contribution in [0.15, 0.2) is 18.2 Å². The van der Waals surface area contributed by atoms with E-state index < -0.39 is 0 Å². The van der Waals surface area contributed by atoms with Crippen molar-refractivity contribution in [1.82, 2.24) is 0 Å². The summed E-state index contributed by atoms with van der Waals surface area (Å²) in [5.41, 5.74) is 3.96. The molecule has 90 valence electrons. The fourth-order valence-corrected chi connectivity index (χ4v) is 1.81. The van der Waals surface area contributed by atoms with E-state index in [1.807, 2.05) is 6.92 Å². The van der Waals surface area contributed by atoms with Gasteiger partial charge in [-0.1, -0.05) is 25.1 Å². The first-order valence-electron chi connectivity index (χ1n) is 6.11. The van der Waals surface area contributed by atoms with Gasteiger partial charge < -0.3 is 10.1 Å². The zero-order valence-electron chi connectivity index (χ0n) is 10.8. The van der Waals surface area contributed by atoms with Crippen LogP contribution in [0.25, 0.3) is 0 Å². The lowest BCUT2D eigenvalue weighted by Crippen LogP contribution is -2.23. The first-order chi connectivity index (χ1) is 7.69. The maximum Gasteiger partial charge on any atom is 0.0664 e. The number of hydrogen-bond acceptors (Lipinski definition) is 2. The number of nitrogens with one attached hydrogen (secondary N) is 1. The third-order valence-corrected chi connectivity index (χ3v) is 2.70. The third kappa shape index (κ3) is 3.53. The molecule has 0 radical (unpaired) electrons. The van der Waals surface area contributed by atoms with Crippen molar-refractivity contribution in [2.24, 2.45) is 0 Å². The highest BCUT2D eigenvalue weighted by atomic mass is 16.5. The first kappa shape index (κ1) is 13.0. The van der Waals surface area contributed by atoms with Gasteiger partial charge in [0.25, 0.3) is 0 Å². The maximum absolute atomic E-state index is 5.42. The second-order valence-electron chi connectivity index (χ2n) is 4.17. The number of aryl methyl sites for hydroxylation is 2. The minimum Gasteiger partial charge on any atom is -0.380 e. The van der Waals surface area contributed by atoms with Gasteiger partial charge in [0.1, 0.15) is 0 Å². The Morgan fingerprint density at radius 2 is 2.06 bits per heavy atom. The fraction of sp³-hybridized carbons (Fsp3) is 0.571. The Hall–Kier alpha value is -1.02. The van der Waals surface area contributed by atoms with E-state index in [0.29, 0.717) is 6.04 Å². The van der Waals surface area contributed by atoms with Crippen LogP contribution in [0.4, 0.5) is 5.69 Å². The van der Waals surface area contributed by atoms with E-state index in [0.717, 1.165) is 19.6 Å². The molecule has 1 rings (SSSR count). The Bertz CT molecular complexity index is 323. The zero-order chi connectivity index (χ0) is 12.0. The summed E-state index contributed by atoms with van der Waals surface area (Å²) >= 11 is 0. The van der Waals surface area contributed by atoms with Crippen molar-refractivity contribution in [3.05, 3.63) is 29.3 Å². The predicted molar refractivity (Wildman–Crippen MR) is 70.1 cm³/mol. The van der Waals surface area contributed by atoms with Crippen molar-refractivity contribution in [3.8, 4) is 0 Å². The summed E-state index contributed by atoms with van der Waals surface area (Å²) in [5, 5.41) is 3.54. The maximum atomic E-state index is 5.42. The largest absolute Gasteiger partial charge is 0.380 e. The molecule has 1 N–H and O–H groups in total. The standard InChI is InChI=1S/C14H23NO/c1-5-13-9-7-8-11(3)14(13)15-12(4)10-16-6-2/h7-9,12,15H,5-6,10H2,1-4H3. The van der Waals surface area contributed by atoms with Crippen LogP contribution in [0, 0.1) is 6.92 Å². The second kappa shape index (κ2) is 6.54. The van der Waals surface area contributed by atoms with Gasteiger partial charge in [0, 0.05) is 18.3 Å². The van der Waals surface area contributed by atoms with E-state index in [4.69, 9.17) is 4.74 Å². The summed E-state index contributed by atoms with van der Waals surface area (Å²) in [6, 6.07) is 6.80. The molecule has 2 heteroatoms. The van der Waals surface area contributed by atoms with E-state index in [1.165, 1.54) is 16.8 Å². The normalized spacial score (nSPS) is 12.5. The van der Waals surface area contributed by atoms with Gasteiger partial charge >= 0.3 is 0 Å². The van der Waals surface area contributed by atoms with Crippen molar-refractivity contribution in [3.63, 3.8) is 0 Å². The van der Waals surface area contributed by atoms with Crippen molar-refractivity contribution in [2.75, 3.05) is 18.5 Å². The van der Waals surface area contributed by atoms with Crippen LogP contribution >= 0.6 is 0 Å². The molecule has 0 amide bonds. The SMILES string of the molecule is CCOCC(C)Nc1c(C)cccc1CC. The monoisotopic (exact) mass is 221 g/mol. The minimum absolute atomic E-state index is 0.353. The summed E-state index contributed by atoms with van der Waals surface area (Å²) < 4.78 is 5.42. The molecule has 0 spiro atoms. The molecule has 0 bridgehead atoms. The van der Waals surface area contributed by atoms with Gasteiger partial charge in [-0.2, -0.15) is 0 Å². The van der Waals surface area contributed by atoms with Crippen molar-refractivity contribution in [2.45, 2.75) is 40.2 Å². The average molecular weight is 221 g/mol. The second-order valence-corrected chi connectivity index (χ2v) is 4.17. The Balaban J connectivity index is 2.71. The fourth-order valence-electron chi connectivity index (χ4n) is 1.81. The molecule has 0 heterocycles. The molecule has 1 unspecified atom stereocenters. The Labute approximate surface area is 99.0 Å². The van der Waals surface area contributed by atoms with Crippen LogP contribution in [-0.2, 0) is 11.2 Å². The van der Waals surface area contributed by atoms with E-state index in [-0.39, 0.29) is 0 Å². The molecular formula is C14H23NO. The average Bonchev–Trinajstić information content (AvgIpc) is 2.29. The van der Waals surface area contributed by atoms with Crippen LogP contribution < -0.4 is 5.32 Å². The van der Waals surface area contributed by atoms with Gasteiger partial charge in [0.15, 0.2) is 0 Å². The quantitative estimate of drug-likeness (QED) is 0.795. The van der Waals surface area contributed by atoms with Crippen LogP contribution in [-0.4, -0.2) is 19.3 Å². The molecule has 0 aliphatic carbocycles. The highest BCUT2D eigenvalue weighted by Gasteiger charge is 2.07. The lowest BCUT2D eigenvalue weighted by molar-refractivity contribution is 0.141. The topological polar surface area (TPSA) is 21.3 Å². The van der Waals surface area contributed by atoms with E-state index in [9.17, 15) is 0 Å². The molecule has 0 fully saturated rings. The molecule has 0 saturated carbocycles. The number of ether oxygens (including phenoxy) is 1. The van der Waals surface area contributed by atoms with E-state index >= 15 is 0 Å². The summed E-state index contributed by atoms with van der Waals surface area (Å²) in [4.78, 5) is 0. The lowest BCUT2D eigenvalue weighted by Gasteiger charge is -2.19. The van der Waals surface area contributed by atoms with Gasteiger partial charge in [0.2, 0.25) is 0 Å². The van der Waals surface area contributed by atoms with Crippen molar-refractivity contribution < 1.29 is 4.74 Å². The van der Waals surface area contributed by atoms with Crippen LogP contribution in [0.2, 0.25) is 0 Å². The lowest BCUT2D eigenvalue weighted by atomic mass is 10.1. The number of hydrogen-bond donors (Lipinski definition) is 1. The zero-order valence-corrected chi connectivity index (χ0v) is 10.8. The summed E-state index contributed by atoms with van der Waals surface area (Å²) in [6.45, 7) is 10.1. The van der Waals surface area contributed by atoms with Gasteiger partial charge in [-0.15, -0.1) is 0 Å². The summed E-state index contributed by atoms with van der Waals surface area (Å²) in [6.07, 6.45) is 1.06. The third-order valence-electron chi connectivity index (χ3n) is 2.70. The number of para-hydroxylation sites is 1. The van der Waals surface area contributed by atoms with Crippen LogP contribution in [0.5, 0.6) is 0 Å². The predicted octanol–water partition coefficient (Wildman–Crippen LogP) is 3.39. The van der Waals surface area contributed by atoms with Crippen molar-refractivity contribution >= 4 is 5.69 Å².